The Hall–Kier alpha value is 0.766. The summed E-state index contributed by atoms with van der Waals surface area (Å²) in [6.07, 6.45) is 4.89. The van der Waals surface area contributed by atoms with Gasteiger partial charge < -0.3 is 12.8 Å². The molecule has 0 aromatic heterocycles. The summed E-state index contributed by atoms with van der Waals surface area (Å²) in [5.74, 6) is 2.45. The van der Waals surface area contributed by atoms with Gasteiger partial charge in [-0.25, -0.2) is 0 Å². The van der Waals surface area contributed by atoms with E-state index in [1.165, 1.54) is 19.3 Å². The van der Waals surface area contributed by atoms with Gasteiger partial charge in [0, 0.05) is 0 Å². The number of unbranched alkanes of at least 4 members (excludes halogenated alkanes) is 1. The van der Waals surface area contributed by atoms with Crippen LogP contribution in [0.15, 0.2) is 0 Å². The molecule has 13 heavy (non-hydrogen) atoms. The summed E-state index contributed by atoms with van der Waals surface area (Å²) < 4.78 is 0. The van der Waals surface area contributed by atoms with Crippen LogP contribution in [0.25, 0.3) is 0 Å². The first-order valence-electron chi connectivity index (χ1n) is 5.23. The van der Waals surface area contributed by atoms with Crippen LogP contribution in [-0.4, -0.2) is 23.1 Å². The number of hydrogen-bond acceptors (Lipinski definition) is 0. The SMILES string of the molecule is CCC(CC)[C-](C)C.[CH2-]CCC.[Mg+2]. The van der Waals surface area contributed by atoms with Crippen LogP contribution in [0.5, 0.6) is 0 Å². The Morgan fingerprint density at radius 1 is 1.08 bits per heavy atom. The van der Waals surface area contributed by atoms with Gasteiger partial charge in [-0.1, -0.05) is 40.0 Å². The Balaban J connectivity index is -0.000000173. The molecule has 0 unspecified atom stereocenters. The van der Waals surface area contributed by atoms with E-state index in [0.717, 1.165) is 12.3 Å². The summed E-state index contributed by atoms with van der Waals surface area (Å²) >= 11 is 0. The van der Waals surface area contributed by atoms with Crippen LogP contribution in [0.3, 0.4) is 0 Å². The van der Waals surface area contributed by atoms with Crippen molar-refractivity contribution < 1.29 is 0 Å². The molecule has 0 spiro atoms. The molecular weight excluding hydrogens is 168 g/mol. The smallest absolute Gasteiger partial charge is 0.343 e. The predicted molar refractivity (Wildman–Crippen MR) is 64.7 cm³/mol. The minimum absolute atomic E-state index is 0. The van der Waals surface area contributed by atoms with E-state index in [1.54, 1.807) is 5.92 Å². The maximum Gasteiger partial charge on any atom is 2.00 e. The van der Waals surface area contributed by atoms with Gasteiger partial charge in [0.2, 0.25) is 0 Å². The molecule has 0 radical (unpaired) electrons. The summed E-state index contributed by atoms with van der Waals surface area (Å²) in [5, 5.41) is 0. The van der Waals surface area contributed by atoms with Crippen molar-refractivity contribution in [2.45, 2.75) is 60.3 Å². The third-order valence-electron chi connectivity index (χ3n) is 2.16. The van der Waals surface area contributed by atoms with E-state index >= 15 is 0 Å². The molecule has 1 heteroatoms. The van der Waals surface area contributed by atoms with Crippen LogP contribution in [0.1, 0.15) is 60.3 Å². The molecule has 0 aromatic carbocycles. The molecule has 0 saturated carbocycles. The van der Waals surface area contributed by atoms with Gasteiger partial charge in [-0.05, 0) is 0 Å². The molecular formula is C12H26Mg. The van der Waals surface area contributed by atoms with Gasteiger partial charge in [0.05, 0.1) is 0 Å². The largest absolute Gasteiger partial charge is 2.00 e. The molecule has 0 aliphatic heterocycles. The fourth-order valence-electron chi connectivity index (χ4n) is 1.11. The van der Waals surface area contributed by atoms with Gasteiger partial charge in [0.15, 0.2) is 0 Å². The maximum absolute atomic E-state index is 3.60. The number of rotatable bonds is 4. The quantitative estimate of drug-likeness (QED) is 0.463. The van der Waals surface area contributed by atoms with Crippen molar-refractivity contribution in [1.29, 1.82) is 0 Å². The van der Waals surface area contributed by atoms with Gasteiger partial charge in [-0.15, -0.1) is 0 Å². The second-order valence-corrected chi connectivity index (χ2v) is 3.44. The summed E-state index contributed by atoms with van der Waals surface area (Å²) in [7, 11) is 0. The zero-order valence-electron chi connectivity index (χ0n) is 10.3. The Morgan fingerprint density at radius 3 is 1.38 bits per heavy atom. The average molecular weight is 195 g/mol. The minimum atomic E-state index is 0. The zero-order chi connectivity index (χ0) is 9.98. The molecule has 76 valence electrons. The summed E-state index contributed by atoms with van der Waals surface area (Å²) in [6.45, 7) is 14.7. The normalized spacial score (nSPS) is 9.23. The van der Waals surface area contributed by atoms with Crippen LogP contribution < -0.4 is 0 Å². The maximum atomic E-state index is 3.60. The van der Waals surface area contributed by atoms with E-state index in [1.807, 2.05) is 0 Å². The molecule has 0 nitrogen and oxygen atoms in total. The third kappa shape index (κ3) is 15.5. The zero-order valence-corrected chi connectivity index (χ0v) is 11.7. The van der Waals surface area contributed by atoms with E-state index < -0.39 is 0 Å². The van der Waals surface area contributed by atoms with Crippen LogP contribution in [0.2, 0.25) is 0 Å². The summed E-state index contributed by atoms with van der Waals surface area (Å²) in [5.41, 5.74) is 0. The molecule has 0 fully saturated rings. The number of hydrogen-bond donors (Lipinski definition) is 0. The van der Waals surface area contributed by atoms with Crippen molar-refractivity contribution in [2.24, 2.45) is 5.92 Å². The van der Waals surface area contributed by atoms with Gasteiger partial charge in [0.1, 0.15) is 0 Å². The van der Waals surface area contributed by atoms with Gasteiger partial charge in [-0.2, -0.15) is 26.2 Å². The first-order valence-corrected chi connectivity index (χ1v) is 5.23. The molecule has 0 heterocycles. The third-order valence-corrected chi connectivity index (χ3v) is 2.16. The first kappa shape index (κ1) is 19.4. The van der Waals surface area contributed by atoms with Crippen molar-refractivity contribution in [2.75, 3.05) is 0 Å². The van der Waals surface area contributed by atoms with E-state index in [2.05, 4.69) is 41.5 Å². The van der Waals surface area contributed by atoms with Crippen molar-refractivity contribution in [1.82, 2.24) is 0 Å². The standard InChI is InChI=1S/C8H17.C4H9.Mg/c1-5-8(6-2)7(3)4;1-3-4-2;/h8H,5-6H2,1-4H3;1,3-4H2,2H3;/q2*-1;+2. The molecule has 0 amide bonds. The van der Waals surface area contributed by atoms with E-state index in [9.17, 15) is 0 Å². The Labute approximate surface area is 102 Å². The van der Waals surface area contributed by atoms with Crippen molar-refractivity contribution in [3.05, 3.63) is 12.8 Å². The molecule has 0 aliphatic carbocycles. The van der Waals surface area contributed by atoms with Crippen LogP contribution >= 0.6 is 0 Å². The van der Waals surface area contributed by atoms with E-state index in [4.69, 9.17) is 0 Å². The molecule has 0 aliphatic rings. The van der Waals surface area contributed by atoms with Crippen LogP contribution in [0, 0.1) is 18.8 Å². The van der Waals surface area contributed by atoms with E-state index in [0.29, 0.717) is 0 Å². The van der Waals surface area contributed by atoms with Crippen molar-refractivity contribution in [3.63, 3.8) is 0 Å². The first-order chi connectivity index (χ1) is 5.63. The molecule has 0 rings (SSSR count). The fraction of sp³-hybridized carbons (Fsp3) is 0.833. The van der Waals surface area contributed by atoms with Gasteiger partial charge >= 0.3 is 23.1 Å². The fourth-order valence-corrected chi connectivity index (χ4v) is 1.11. The minimum Gasteiger partial charge on any atom is -0.343 e. The van der Waals surface area contributed by atoms with Gasteiger partial charge in [-0.3, -0.25) is 0 Å². The Bertz CT molecular complexity index is 63.5. The second kappa shape index (κ2) is 15.2. The predicted octanol–water partition coefficient (Wildman–Crippen LogP) is 4.28. The van der Waals surface area contributed by atoms with Crippen LogP contribution in [0.4, 0.5) is 0 Å². The Kier molecular flexibility index (Phi) is 22.7. The molecule has 0 N–H and O–H groups in total. The van der Waals surface area contributed by atoms with Crippen molar-refractivity contribution in [3.8, 4) is 0 Å². The molecule has 0 bridgehead atoms. The van der Waals surface area contributed by atoms with Crippen LogP contribution in [-0.2, 0) is 0 Å². The summed E-state index contributed by atoms with van der Waals surface area (Å²) in [4.78, 5) is 0. The van der Waals surface area contributed by atoms with E-state index in [-0.39, 0.29) is 23.1 Å². The monoisotopic (exact) mass is 194 g/mol. The molecule has 0 aromatic rings. The second-order valence-electron chi connectivity index (χ2n) is 3.44. The molecule has 0 saturated heterocycles. The Morgan fingerprint density at radius 2 is 1.38 bits per heavy atom. The van der Waals surface area contributed by atoms with Gasteiger partial charge in [0.25, 0.3) is 0 Å². The average Bonchev–Trinajstić information content (AvgIpc) is 2.07. The van der Waals surface area contributed by atoms with Crippen molar-refractivity contribution >= 4 is 23.1 Å². The molecule has 0 atom stereocenters. The summed E-state index contributed by atoms with van der Waals surface area (Å²) in [6, 6.07) is 0. The topological polar surface area (TPSA) is 0 Å².